The number of hydrogen-bond acceptors (Lipinski definition) is 8. The molecule has 4 rings (SSSR count). The Kier molecular flexibility index (Phi) is 8.69. The zero-order chi connectivity index (χ0) is 27.3. The van der Waals surface area contributed by atoms with E-state index < -0.39 is 10.0 Å². The van der Waals surface area contributed by atoms with Gasteiger partial charge in [-0.2, -0.15) is 5.26 Å². The molecule has 1 aliphatic rings. The van der Waals surface area contributed by atoms with Crippen molar-refractivity contribution in [2.75, 3.05) is 49.7 Å². The number of piperazine rings is 1. The third-order valence-electron chi connectivity index (χ3n) is 7.00. The van der Waals surface area contributed by atoms with Crippen molar-refractivity contribution in [1.82, 2.24) is 14.9 Å². The van der Waals surface area contributed by atoms with Crippen molar-refractivity contribution < 1.29 is 13.2 Å². The van der Waals surface area contributed by atoms with E-state index in [1.165, 1.54) is 26.4 Å². The van der Waals surface area contributed by atoms with E-state index in [-0.39, 0.29) is 11.6 Å². The van der Waals surface area contributed by atoms with E-state index >= 15 is 0 Å². The zero-order valence-corrected chi connectivity index (χ0v) is 23.4. The first-order chi connectivity index (χ1) is 18.2. The Morgan fingerprint density at radius 2 is 1.95 bits per heavy atom. The van der Waals surface area contributed by atoms with Crippen LogP contribution in [-0.4, -0.2) is 69.4 Å². The third kappa shape index (κ3) is 6.34. The second-order valence-corrected chi connectivity index (χ2v) is 11.7. The lowest BCUT2D eigenvalue weighted by Crippen LogP contribution is -2.52. The fraction of sp³-hybridized carbons (Fsp3) is 0.464. The highest BCUT2D eigenvalue weighted by Crippen LogP contribution is 2.36. The molecular formula is C28H36N6O3S. The van der Waals surface area contributed by atoms with Crippen LogP contribution in [-0.2, 0) is 10.0 Å². The maximum Gasteiger partial charge on any atom is 0.238 e. The lowest BCUT2D eigenvalue weighted by molar-refractivity contribution is 0.257. The highest BCUT2D eigenvalue weighted by Gasteiger charge is 2.28. The summed E-state index contributed by atoms with van der Waals surface area (Å²) >= 11 is 0. The summed E-state index contributed by atoms with van der Waals surface area (Å²) in [7, 11) is 0.0794. The molecular weight excluding hydrogens is 500 g/mol. The minimum absolute atomic E-state index is 0.192. The smallest absolute Gasteiger partial charge is 0.238 e. The molecule has 0 radical (unpaired) electrons. The Morgan fingerprint density at radius 1 is 1.13 bits per heavy atom. The number of methoxy groups -OCH3 is 1. The van der Waals surface area contributed by atoms with Gasteiger partial charge in [-0.15, -0.1) is 0 Å². The van der Waals surface area contributed by atoms with Gasteiger partial charge in [0.25, 0.3) is 0 Å². The molecule has 0 saturated carbocycles. The molecule has 0 amide bonds. The molecule has 10 heteroatoms. The monoisotopic (exact) mass is 536 g/mol. The van der Waals surface area contributed by atoms with E-state index in [0.29, 0.717) is 11.6 Å². The molecule has 0 aliphatic carbocycles. The summed E-state index contributed by atoms with van der Waals surface area (Å²) in [6, 6.07) is 10.3. The van der Waals surface area contributed by atoms with Crippen molar-refractivity contribution in [2.24, 2.45) is 0 Å². The van der Waals surface area contributed by atoms with E-state index in [1.807, 2.05) is 18.2 Å². The molecule has 1 saturated heterocycles. The Morgan fingerprint density at radius 3 is 2.66 bits per heavy atom. The van der Waals surface area contributed by atoms with Crippen LogP contribution in [0.2, 0.25) is 0 Å². The first-order valence-electron chi connectivity index (χ1n) is 13.0. The number of unbranched alkanes of at least 4 members (excludes halogenated alkanes) is 3. The predicted octanol–water partition coefficient (Wildman–Crippen LogP) is 4.64. The van der Waals surface area contributed by atoms with Crippen molar-refractivity contribution >= 4 is 32.3 Å². The predicted molar refractivity (Wildman–Crippen MR) is 152 cm³/mol. The van der Waals surface area contributed by atoms with Crippen molar-refractivity contribution in [2.45, 2.75) is 45.1 Å². The van der Waals surface area contributed by atoms with Gasteiger partial charge >= 0.3 is 0 Å². The number of ether oxygens (including phenoxy) is 1. The number of hydrogen-bond donors (Lipinski definition) is 1. The Hall–Kier alpha value is -3.42. The molecule has 1 aliphatic heterocycles. The van der Waals surface area contributed by atoms with Gasteiger partial charge in [0.05, 0.1) is 30.1 Å². The highest BCUT2D eigenvalue weighted by atomic mass is 32.2. The van der Waals surface area contributed by atoms with E-state index in [2.05, 4.69) is 44.5 Å². The fourth-order valence-corrected chi connectivity index (χ4v) is 5.70. The summed E-state index contributed by atoms with van der Waals surface area (Å²) in [5.74, 6) is 0.192. The van der Waals surface area contributed by atoms with Gasteiger partial charge in [0, 0.05) is 49.0 Å². The van der Waals surface area contributed by atoms with Crippen LogP contribution in [0.4, 0.5) is 11.4 Å². The molecule has 1 N–H and O–H groups in total. The number of rotatable bonds is 10. The number of likely N-dealkylation sites (N-methyl/N-ethyl adjacent to an activating group) is 1. The largest absolute Gasteiger partial charge is 0.480 e. The van der Waals surface area contributed by atoms with Crippen LogP contribution >= 0.6 is 0 Å². The van der Waals surface area contributed by atoms with Crippen LogP contribution in [0.1, 0.15) is 44.6 Å². The van der Waals surface area contributed by atoms with Crippen LogP contribution in [0.15, 0.2) is 36.7 Å². The van der Waals surface area contributed by atoms with Gasteiger partial charge in [-0.25, -0.2) is 13.4 Å². The van der Waals surface area contributed by atoms with Crippen molar-refractivity contribution in [3.8, 4) is 23.1 Å². The molecule has 1 atom stereocenters. The topological polar surface area (TPSA) is 111 Å². The van der Waals surface area contributed by atoms with Crippen LogP contribution < -0.4 is 14.4 Å². The number of pyridine rings is 2. The molecule has 0 spiro atoms. The number of benzene rings is 1. The SMILES string of the molecule is CCCCCCC1CN(C)CCN1c1c(C#N)cnc2ccc(-c3cnc(OC)c(NS(C)(=O)=O)c3)cc12. The fourth-order valence-electron chi connectivity index (χ4n) is 5.15. The molecule has 1 unspecified atom stereocenters. The third-order valence-corrected chi connectivity index (χ3v) is 7.59. The summed E-state index contributed by atoms with van der Waals surface area (Å²) in [5.41, 5.74) is 4.12. The molecule has 9 nitrogen and oxygen atoms in total. The van der Waals surface area contributed by atoms with E-state index in [1.54, 1.807) is 18.5 Å². The lowest BCUT2D eigenvalue weighted by atomic mass is 9.98. The maximum atomic E-state index is 11.9. The van der Waals surface area contributed by atoms with Crippen molar-refractivity contribution in [3.05, 3.63) is 42.2 Å². The van der Waals surface area contributed by atoms with Gasteiger partial charge in [0.2, 0.25) is 15.9 Å². The molecule has 38 heavy (non-hydrogen) atoms. The van der Waals surface area contributed by atoms with Gasteiger partial charge in [0.15, 0.2) is 0 Å². The molecule has 1 fully saturated rings. The number of fused-ring (bicyclic) bond motifs is 1. The number of nitrogens with zero attached hydrogens (tertiary/aromatic N) is 5. The van der Waals surface area contributed by atoms with Crippen molar-refractivity contribution in [1.29, 1.82) is 5.26 Å². The Bertz CT molecular complexity index is 1440. The first-order valence-corrected chi connectivity index (χ1v) is 14.9. The standard InChI is InChI=1S/C28H36N6O3S/c1-5-6-7-8-9-23-19-33(2)12-13-34(23)27-22(16-29)18-30-25-11-10-20(14-24(25)27)21-15-26(32-38(4,35)36)28(37-3)31-17-21/h10-11,14-15,17-18,23,32H,5-9,12-13,19H2,1-4H3. The second kappa shape index (κ2) is 12.0. The molecule has 202 valence electrons. The maximum absolute atomic E-state index is 11.9. The zero-order valence-electron chi connectivity index (χ0n) is 22.6. The Labute approximate surface area is 225 Å². The second-order valence-electron chi connectivity index (χ2n) is 9.98. The summed E-state index contributed by atoms with van der Waals surface area (Å²) in [4.78, 5) is 13.7. The molecule has 2 aromatic heterocycles. The van der Waals surface area contributed by atoms with Gasteiger partial charge in [-0.1, -0.05) is 38.7 Å². The van der Waals surface area contributed by atoms with Crippen LogP contribution in [0.25, 0.3) is 22.0 Å². The van der Waals surface area contributed by atoms with Gasteiger partial charge in [0.1, 0.15) is 11.8 Å². The molecule has 0 bridgehead atoms. The van der Waals surface area contributed by atoms with Crippen LogP contribution in [0.5, 0.6) is 5.88 Å². The number of sulfonamides is 1. The van der Waals surface area contributed by atoms with Gasteiger partial charge in [-0.05, 0) is 37.2 Å². The normalized spacial score (nSPS) is 16.4. The summed E-state index contributed by atoms with van der Waals surface area (Å²) in [5, 5.41) is 11.0. The first kappa shape index (κ1) is 27.6. The highest BCUT2D eigenvalue weighted by molar-refractivity contribution is 7.92. The van der Waals surface area contributed by atoms with Gasteiger partial charge < -0.3 is 14.5 Å². The van der Waals surface area contributed by atoms with E-state index in [4.69, 9.17) is 4.74 Å². The number of nitrogens with one attached hydrogen (secondary N) is 1. The average Bonchev–Trinajstić information content (AvgIpc) is 2.89. The van der Waals surface area contributed by atoms with Gasteiger partial charge in [-0.3, -0.25) is 9.71 Å². The average molecular weight is 537 g/mol. The number of nitriles is 1. The van der Waals surface area contributed by atoms with E-state index in [9.17, 15) is 13.7 Å². The molecule has 3 aromatic rings. The minimum Gasteiger partial charge on any atom is -0.480 e. The quantitative estimate of drug-likeness (QED) is 0.373. The summed E-state index contributed by atoms with van der Waals surface area (Å²) in [6.07, 6.45) is 10.3. The van der Waals surface area contributed by atoms with Crippen LogP contribution in [0, 0.1) is 11.3 Å². The van der Waals surface area contributed by atoms with Crippen LogP contribution in [0.3, 0.4) is 0 Å². The summed E-state index contributed by atoms with van der Waals surface area (Å²) in [6.45, 7) is 4.92. The lowest BCUT2D eigenvalue weighted by Gasteiger charge is -2.42. The Balaban J connectivity index is 1.79. The number of aromatic nitrogens is 2. The summed E-state index contributed by atoms with van der Waals surface area (Å²) < 4.78 is 31.5. The number of anilines is 2. The van der Waals surface area contributed by atoms with E-state index in [0.717, 1.165) is 66.4 Å². The van der Waals surface area contributed by atoms with Crippen molar-refractivity contribution in [3.63, 3.8) is 0 Å². The minimum atomic E-state index is -3.52. The molecule has 3 heterocycles. The molecule has 1 aromatic carbocycles.